The number of benzene rings is 3. The molecule has 0 aliphatic heterocycles. The molecule has 0 unspecified atom stereocenters. The zero-order valence-corrected chi connectivity index (χ0v) is 22.5. The number of hydrogen-bond donors (Lipinski definition) is 2. The Hall–Kier alpha value is -4.37. The number of nitrogens with one attached hydrogen (secondary N) is 2. The van der Waals surface area contributed by atoms with Crippen molar-refractivity contribution in [1.29, 1.82) is 0 Å². The number of methoxy groups -OCH3 is 1. The van der Waals surface area contributed by atoms with Crippen LogP contribution in [0.4, 0.5) is 5.69 Å². The average Bonchev–Trinajstić information content (AvgIpc) is 2.93. The predicted octanol–water partition coefficient (Wildman–Crippen LogP) is 3.52. The third-order valence-corrected chi connectivity index (χ3v) is 6.74. The molecule has 0 saturated heterocycles. The van der Waals surface area contributed by atoms with Gasteiger partial charge in [-0.3, -0.25) is 23.5 Å². The van der Waals surface area contributed by atoms with E-state index in [1.807, 2.05) is 30.3 Å². The van der Waals surface area contributed by atoms with Crippen LogP contribution in [0.1, 0.15) is 17.5 Å². The monoisotopic (exact) mass is 548 g/mol. The highest BCUT2D eigenvalue weighted by Gasteiger charge is 2.17. The molecule has 1 heterocycles. The van der Waals surface area contributed by atoms with Gasteiger partial charge in [-0.05, 0) is 42.7 Å². The zero-order chi connectivity index (χ0) is 27.9. The van der Waals surface area contributed by atoms with E-state index in [0.717, 1.165) is 15.7 Å². The summed E-state index contributed by atoms with van der Waals surface area (Å²) >= 11 is 6.16. The van der Waals surface area contributed by atoms with E-state index in [1.54, 1.807) is 43.3 Å². The summed E-state index contributed by atoms with van der Waals surface area (Å²) in [6.07, 6.45) is 0.609. The molecule has 0 bridgehead atoms. The summed E-state index contributed by atoms with van der Waals surface area (Å²) in [6.45, 7) is 1.76. The second-order valence-electron chi connectivity index (χ2n) is 9.03. The maximum atomic E-state index is 13.4. The molecule has 10 heteroatoms. The van der Waals surface area contributed by atoms with Gasteiger partial charge in [-0.25, -0.2) is 4.79 Å². The first-order valence-electron chi connectivity index (χ1n) is 12.5. The fraction of sp³-hybridized carbons (Fsp3) is 0.241. The molecule has 0 atom stereocenters. The molecule has 4 rings (SSSR count). The van der Waals surface area contributed by atoms with Crippen LogP contribution < -0.4 is 26.6 Å². The molecule has 4 aromatic rings. The molecular weight excluding hydrogens is 520 g/mol. The molecule has 0 fully saturated rings. The van der Waals surface area contributed by atoms with E-state index in [0.29, 0.717) is 34.9 Å². The number of anilines is 1. The second kappa shape index (κ2) is 12.4. The van der Waals surface area contributed by atoms with Gasteiger partial charge in [-0.15, -0.1) is 0 Å². The van der Waals surface area contributed by atoms with Crippen molar-refractivity contribution in [3.05, 3.63) is 104 Å². The summed E-state index contributed by atoms with van der Waals surface area (Å²) in [5.74, 6) is -0.398. The number of amides is 2. The predicted molar refractivity (Wildman–Crippen MR) is 152 cm³/mol. The summed E-state index contributed by atoms with van der Waals surface area (Å²) in [7, 11) is 1.46. The van der Waals surface area contributed by atoms with Crippen LogP contribution in [0, 0.1) is 6.92 Å². The summed E-state index contributed by atoms with van der Waals surface area (Å²) in [5, 5.41) is 6.34. The summed E-state index contributed by atoms with van der Waals surface area (Å²) in [6, 6.07) is 19.6. The number of hydrogen-bond acceptors (Lipinski definition) is 5. The lowest BCUT2D eigenvalue weighted by Crippen LogP contribution is -2.42. The topological polar surface area (TPSA) is 111 Å². The Bertz CT molecular complexity index is 1630. The number of nitrogens with zero attached hydrogens (tertiary/aromatic N) is 2. The number of aryl methyl sites for hydroxylation is 1. The Morgan fingerprint density at radius 1 is 0.949 bits per heavy atom. The Kier molecular flexibility index (Phi) is 8.83. The maximum Gasteiger partial charge on any atom is 0.331 e. The highest BCUT2D eigenvalue weighted by Crippen LogP contribution is 2.31. The molecule has 1 aromatic heterocycles. The first-order chi connectivity index (χ1) is 18.8. The maximum absolute atomic E-state index is 13.4. The Morgan fingerprint density at radius 2 is 1.67 bits per heavy atom. The van der Waals surface area contributed by atoms with Gasteiger partial charge in [0.1, 0.15) is 12.3 Å². The van der Waals surface area contributed by atoms with Crippen LogP contribution in [-0.4, -0.2) is 34.6 Å². The molecule has 0 radical (unpaired) electrons. The van der Waals surface area contributed by atoms with Gasteiger partial charge in [0.15, 0.2) is 0 Å². The molecule has 202 valence electrons. The second-order valence-corrected chi connectivity index (χ2v) is 9.44. The van der Waals surface area contributed by atoms with E-state index in [4.69, 9.17) is 16.3 Å². The summed E-state index contributed by atoms with van der Waals surface area (Å²) in [5.41, 5.74) is 1.37. The highest BCUT2D eigenvalue weighted by molar-refractivity contribution is 6.31. The minimum Gasteiger partial charge on any atom is -0.495 e. The van der Waals surface area contributed by atoms with Crippen molar-refractivity contribution in [2.45, 2.75) is 32.9 Å². The number of carbonyl (C=O) groups excluding carboxylic acids is 2. The van der Waals surface area contributed by atoms with E-state index in [-0.39, 0.29) is 30.8 Å². The first-order valence-corrected chi connectivity index (χ1v) is 12.8. The summed E-state index contributed by atoms with van der Waals surface area (Å²) in [4.78, 5) is 52.0. The van der Waals surface area contributed by atoms with Crippen molar-refractivity contribution in [1.82, 2.24) is 14.5 Å². The van der Waals surface area contributed by atoms with Crippen LogP contribution in [0.2, 0.25) is 5.02 Å². The third kappa shape index (κ3) is 6.56. The Morgan fingerprint density at radius 3 is 2.41 bits per heavy atom. The van der Waals surface area contributed by atoms with Gasteiger partial charge >= 0.3 is 5.69 Å². The molecule has 9 nitrogen and oxygen atoms in total. The van der Waals surface area contributed by atoms with Crippen LogP contribution in [0.5, 0.6) is 5.75 Å². The molecule has 2 amide bonds. The number of rotatable bonds is 10. The smallest absolute Gasteiger partial charge is 0.331 e. The lowest BCUT2D eigenvalue weighted by Gasteiger charge is -2.15. The SMILES string of the molecule is COc1cc(Cl)c(C)cc1NC(=O)Cn1c(=O)n(CCC(=O)NCCc2ccccc2)c(=O)c2ccccc21. The molecule has 2 N–H and O–H groups in total. The van der Waals surface area contributed by atoms with Crippen LogP contribution >= 0.6 is 11.6 Å². The Balaban J connectivity index is 1.53. The fourth-order valence-electron chi connectivity index (χ4n) is 4.28. The van der Waals surface area contributed by atoms with Crippen molar-refractivity contribution in [2.24, 2.45) is 0 Å². The molecule has 0 aliphatic carbocycles. The lowest BCUT2D eigenvalue weighted by atomic mass is 10.1. The molecule has 39 heavy (non-hydrogen) atoms. The largest absolute Gasteiger partial charge is 0.495 e. The number of aromatic nitrogens is 2. The van der Waals surface area contributed by atoms with E-state index in [1.165, 1.54) is 11.7 Å². The quantitative estimate of drug-likeness (QED) is 0.315. The van der Waals surface area contributed by atoms with Gasteiger partial charge in [0.25, 0.3) is 5.56 Å². The van der Waals surface area contributed by atoms with Gasteiger partial charge in [-0.1, -0.05) is 54.1 Å². The van der Waals surface area contributed by atoms with Gasteiger partial charge in [0.2, 0.25) is 11.8 Å². The van der Waals surface area contributed by atoms with Crippen molar-refractivity contribution in [3.63, 3.8) is 0 Å². The molecular formula is C29H29ClN4O5. The molecule has 0 spiro atoms. The minimum absolute atomic E-state index is 0.0598. The average molecular weight is 549 g/mol. The summed E-state index contributed by atoms with van der Waals surface area (Å²) < 4.78 is 7.55. The number of fused-ring (bicyclic) bond motifs is 1. The van der Waals surface area contributed by atoms with Crippen molar-refractivity contribution in [3.8, 4) is 5.75 Å². The van der Waals surface area contributed by atoms with Crippen molar-refractivity contribution < 1.29 is 14.3 Å². The number of para-hydroxylation sites is 1. The van der Waals surface area contributed by atoms with Gasteiger partial charge in [-0.2, -0.15) is 0 Å². The molecule has 0 aliphatic rings. The number of halogens is 1. The van der Waals surface area contributed by atoms with Crippen LogP contribution in [0.3, 0.4) is 0 Å². The van der Waals surface area contributed by atoms with E-state index in [9.17, 15) is 19.2 Å². The standard InChI is InChI=1S/C29H29ClN4O5/c1-19-16-23(25(39-2)17-22(19)30)32-27(36)18-34-24-11-7-6-10-21(24)28(37)33(29(34)38)15-13-26(35)31-14-12-20-8-4-3-5-9-20/h3-11,16-17H,12-15,18H2,1-2H3,(H,31,35)(H,32,36). The van der Waals surface area contributed by atoms with E-state index in [2.05, 4.69) is 10.6 Å². The third-order valence-electron chi connectivity index (χ3n) is 6.33. The van der Waals surface area contributed by atoms with Gasteiger partial charge < -0.3 is 15.4 Å². The molecule has 0 saturated carbocycles. The first kappa shape index (κ1) is 27.7. The van der Waals surface area contributed by atoms with E-state index >= 15 is 0 Å². The molecule has 3 aromatic carbocycles. The van der Waals surface area contributed by atoms with Crippen molar-refractivity contribution >= 4 is 40.0 Å². The lowest BCUT2D eigenvalue weighted by molar-refractivity contribution is -0.121. The number of ether oxygens (including phenoxy) is 1. The normalized spacial score (nSPS) is 10.8. The van der Waals surface area contributed by atoms with Gasteiger partial charge in [0.05, 0.1) is 23.7 Å². The Labute approximate surface area is 230 Å². The van der Waals surface area contributed by atoms with Crippen LogP contribution in [0.15, 0.2) is 76.3 Å². The highest BCUT2D eigenvalue weighted by atomic mass is 35.5. The number of carbonyl (C=O) groups is 2. The van der Waals surface area contributed by atoms with Crippen molar-refractivity contribution in [2.75, 3.05) is 19.0 Å². The van der Waals surface area contributed by atoms with E-state index < -0.39 is 17.2 Å². The van der Waals surface area contributed by atoms with Crippen LogP contribution in [-0.2, 0) is 29.1 Å². The zero-order valence-electron chi connectivity index (χ0n) is 21.7. The van der Waals surface area contributed by atoms with Gasteiger partial charge in [0, 0.05) is 30.6 Å². The minimum atomic E-state index is -0.676. The fourth-order valence-corrected chi connectivity index (χ4v) is 4.43. The van der Waals surface area contributed by atoms with Crippen LogP contribution in [0.25, 0.3) is 10.9 Å².